The normalized spacial score (nSPS) is 16.8. The number of rotatable bonds is 8. The average molecular weight is 543 g/mol. The number of aliphatic hydroxyl groups is 1. The standard InChI is InChI=1S/C22H30FN5O2.HI/c1-2-25-22(27-16-21(29)18-7-9-24-10-8-18)26-15-20(28-11-13-30-14-12-28)17-3-5-19(23)6-4-17;/h3-10,20-21,29H,2,11-16H2,1H3,(H2,25,26,27);1H. The third-order valence-corrected chi connectivity index (χ3v) is 5.06. The molecule has 1 aromatic heterocycles. The quantitative estimate of drug-likeness (QED) is 0.270. The van der Waals surface area contributed by atoms with Gasteiger partial charge in [-0.15, -0.1) is 24.0 Å². The Labute approximate surface area is 200 Å². The summed E-state index contributed by atoms with van der Waals surface area (Å²) in [6, 6.07) is 10.2. The molecule has 3 rings (SSSR count). The number of halogens is 2. The lowest BCUT2D eigenvalue weighted by atomic mass is 10.0. The minimum absolute atomic E-state index is 0. The number of ether oxygens (including phenoxy) is 1. The van der Waals surface area contributed by atoms with Crippen molar-refractivity contribution < 1.29 is 14.2 Å². The monoisotopic (exact) mass is 543 g/mol. The van der Waals surface area contributed by atoms with E-state index in [1.165, 1.54) is 12.1 Å². The first kappa shape index (κ1) is 25.4. The molecule has 0 saturated carbocycles. The molecule has 0 aliphatic carbocycles. The topological polar surface area (TPSA) is 82.0 Å². The van der Waals surface area contributed by atoms with Gasteiger partial charge in [-0.05, 0) is 42.3 Å². The molecule has 0 amide bonds. The predicted octanol–water partition coefficient (Wildman–Crippen LogP) is 2.50. The Morgan fingerprint density at radius 1 is 1.13 bits per heavy atom. The first-order chi connectivity index (χ1) is 14.7. The molecule has 0 spiro atoms. The van der Waals surface area contributed by atoms with Crippen LogP contribution in [-0.2, 0) is 4.74 Å². The van der Waals surface area contributed by atoms with E-state index in [4.69, 9.17) is 9.73 Å². The number of nitrogens with one attached hydrogen (secondary N) is 2. The van der Waals surface area contributed by atoms with Gasteiger partial charge in [0.05, 0.1) is 31.9 Å². The molecule has 3 N–H and O–H groups in total. The van der Waals surface area contributed by atoms with Crippen molar-refractivity contribution in [2.45, 2.75) is 19.1 Å². The average Bonchev–Trinajstić information content (AvgIpc) is 2.79. The van der Waals surface area contributed by atoms with E-state index in [0.717, 1.165) is 24.2 Å². The molecule has 1 aliphatic heterocycles. The van der Waals surface area contributed by atoms with Crippen molar-refractivity contribution in [3.05, 3.63) is 65.7 Å². The van der Waals surface area contributed by atoms with Gasteiger partial charge in [-0.2, -0.15) is 0 Å². The Bertz CT molecular complexity index is 788. The molecule has 2 aromatic rings. The van der Waals surface area contributed by atoms with Crippen molar-refractivity contribution in [3.8, 4) is 0 Å². The molecule has 9 heteroatoms. The summed E-state index contributed by atoms with van der Waals surface area (Å²) in [6.45, 7) is 6.51. The van der Waals surface area contributed by atoms with Gasteiger partial charge in [0, 0.05) is 38.6 Å². The van der Waals surface area contributed by atoms with Crippen LogP contribution in [0.25, 0.3) is 0 Å². The van der Waals surface area contributed by atoms with Gasteiger partial charge in [0.2, 0.25) is 0 Å². The van der Waals surface area contributed by atoms with Crippen LogP contribution in [-0.4, -0.2) is 66.9 Å². The molecule has 2 unspecified atom stereocenters. The number of aromatic nitrogens is 1. The summed E-state index contributed by atoms with van der Waals surface area (Å²) in [4.78, 5) is 11.0. The van der Waals surface area contributed by atoms with Gasteiger partial charge in [-0.3, -0.25) is 14.9 Å². The molecule has 170 valence electrons. The van der Waals surface area contributed by atoms with Crippen molar-refractivity contribution >= 4 is 29.9 Å². The highest BCUT2D eigenvalue weighted by Gasteiger charge is 2.22. The number of hydrogen-bond donors (Lipinski definition) is 3. The molecule has 1 aromatic carbocycles. The highest BCUT2D eigenvalue weighted by Crippen LogP contribution is 2.22. The van der Waals surface area contributed by atoms with Gasteiger partial charge in [-0.25, -0.2) is 4.39 Å². The van der Waals surface area contributed by atoms with Gasteiger partial charge in [-0.1, -0.05) is 12.1 Å². The minimum atomic E-state index is -0.663. The van der Waals surface area contributed by atoms with E-state index in [1.54, 1.807) is 24.5 Å². The summed E-state index contributed by atoms with van der Waals surface area (Å²) < 4.78 is 18.9. The molecule has 1 aliphatic rings. The zero-order valence-electron chi connectivity index (χ0n) is 17.7. The predicted molar refractivity (Wildman–Crippen MR) is 130 cm³/mol. The summed E-state index contributed by atoms with van der Waals surface area (Å²) in [6.07, 6.45) is 2.66. The first-order valence-electron chi connectivity index (χ1n) is 10.3. The van der Waals surface area contributed by atoms with Gasteiger partial charge >= 0.3 is 0 Å². The largest absolute Gasteiger partial charge is 0.387 e. The summed E-state index contributed by atoms with van der Waals surface area (Å²) in [5.41, 5.74) is 1.82. The van der Waals surface area contributed by atoms with Crippen molar-refractivity contribution in [2.24, 2.45) is 4.99 Å². The zero-order valence-corrected chi connectivity index (χ0v) is 20.0. The Morgan fingerprint density at radius 3 is 2.45 bits per heavy atom. The van der Waals surface area contributed by atoms with Crippen LogP contribution >= 0.6 is 24.0 Å². The highest BCUT2D eigenvalue weighted by molar-refractivity contribution is 14.0. The Hall–Kier alpha value is -1.82. The molecule has 7 nitrogen and oxygen atoms in total. The van der Waals surface area contributed by atoms with Gasteiger partial charge in [0.25, 0.3) is 0 Å². The number of aliphatic hydroxyl groups excluding tert-OH is 1. The van der Waals surface area contributed by atoms with Crippen molar-refractivity contribution in [3.63, 3.8) is 0 Å². The fourth-order valence-corrected chi connectivity index (χ4v) is 3.42. The van der Waals surface area contributed by atoms with Crippen molar-refractivity contribution in [1.29, 1.82) is 0 Å². The van der Waals surface area contributed by atoms with Crippen LogP contribution in [0.1, 0.15) is 30.2 Å². The number of morpholine rings is 1. The van der Waals surface area contributed by atoms with Crippen LogP contribution in [0.15, 0.2) is 53.8 Å². The number of benzene rings is 1. The van der Waals surface area contributed by atoms with E-state index in [-0.39, 0.29) is 35.8 Å². The maximum atomic E-state index is 13.4. The second-order valence-electron chi connectivity index (χ2n) is 7.11. The van der Waals surface area contributed by atoms with E-state index in [2.05, 4.69) is 20.5 Å². The molecule has 2 heterocycles. The van der Waals surface area contributed by atoms with E-state index < -0.39 is 6.10 Å². The first-order valence-corrected chi connectivity index (χ1v) is 10.3. The summed E-state index contributed by atoms with van der Waals surface area (Å²) in [5, 5.41) is 16.8. The van der Waals surface area contributed by atoms with Crippen LogP contribution < -0.4 is 10.6 Å². The number of hydrogen-bond acceptors (Lipinski definition) is 5. The van der Waals surface area contributed by atoms with Gasteiger partial charge < -0.3 is 20.5 Å². The SMILES string of the molecule is CCNC(=NCC(c1ccc(F)cc1)N1CCOCC1)NCC(O)c1ccncc1.I. The smallest absolute Gasteiger partial charge is 0.191 e. The summed E-state index contributed by atoms with van der Waals surface area (Å²) in [5.74, 6) is 0.383. The van der Waals surface area contributed by atoms with E-state index in [0.29, 0.717) is 38.8 Å². The fraction of sp³-hybridized carbons (Fsp3) is 0.455. The van der Waals surface area contributed by atoms with E-state index in [9.17, 15) is 9.50 Å². The summed E-state index contributed by atoms with van der Waals surface area (Å²) in [7, 11) is 0. The Kier molecular flexibility index (Phi) is 11.1. The molecule has 2 atom stereocenters. The molecule has 1 saturated heterocycles. The van der Waals surface area contributed by atoms with Crippen molar-refractivity contribution in [1.82, 2.24) is 20.5 Å². The zero-order chi connectivity index (χ0) is 21.2. The van der Waals surface area contributed by atoms with Crippen LogP contribution in [0, 0.1) is 5.82 Å². The molecule has 31 heavy (non-hydrogen) atoms. The van der Waals surface area contributed by atoms with Crippen molar-refractivity contribution in [2.75, 3.05) is 45.9 Å². The fourth-order valence-electron chi connectivity index (χ4n) is 3.42. The molecule has 0 bridgehead atoms. The van der Waals surface area contributed by atoms with E-state index in [1.807, 2.05) is 19.1 Å². The number of pyridine rings is 1. The Balaban J connectivity index is 0.00000341. The Morgan fingerprint density at radius 2 is 1.81 bits per heavy atom. The second kappa shape index (κ2) is 13.6. The molecule has 1 fully saturated rings. The lowest BCUT2D eigenvalue weighted by Crippen LogP contribution is -2.42. The summed E-state index contributed by atoms with van der Waals surface area (Å²) >= 11 is 0. The maximum Gasteiger partial charge on any atom is 0.191 e. The van der Waals surface area contributed by atoms with Crippen LogP contribution in [0.4, 0.5) is 4.39 Å². The van der Waals surface area contributed by atoms with Gasteiger partial charge in [0.15, 0.2) is 5.96 Å². The third-order valence-electron chi connectivity index (χ3n) is 5.06. The van der Waals surface area contributed by atoms with Crippen LogP contribution in [0.3, 0.4) is 0 Å². The molecular formula is C22H31FIN5O2. The molecular weight excluding hydrogens is 512 g/mol. The van der Waals surface area contributed by atoms with Gasteiger partial charge in [0.1, 0.15) is 5.82 Å². The van der Waals surface area contributed by atoms with Crippen LogP contribution in [0.5, 0.6) is 0 Å². The minimum Gasteiger partial charge on any atom is -0.387 e. The molecule has 0 radical (unpaired) electrons. The number of guanidine groups is 1. The second-order valence-corrected chi connectivity index (χ2v) is 7.11. The van der Waals surface area contributed by atoms with Crippen LogP contribution in [0.2, 0.25) is 0 Å². The maximum absolute atomic E-state index is 13.4. The van der Waals surface area contributed by atoms with E-state index >= 15 is 0 Å². The lowest BCUT2D eigenvalue weighted by molar-refractivity contribution is 0.0179. The number of nitrogens with zero attached hydrogens (tertiary/aromatic N) is 3. The lowest BCUT2D eigenvalue weighted by Gasteiger charge is -2.34. The number of aliphatic imine (C=N–C) groups is 1. The highest BCUT2D eigenvalue weighted by atomic mass is 127. The third kappa shape index (κ3) is 7.99.